The molecule has 0 unspecified atom stereocenters. The first-order valence-corrected chi connectivity index (χ1v) is 7.75. The molecule has 5 rings (SSSR count). The number of aromatic nitrogens is 1. The average molecular weight is 271 g/mol. The fourth-order valence-corrected chi connectivity index (χ4v) is 4.29. The first kappa shape index (κ1) is 11.4. The smallest absolute Gasteiger partial charge is 0.0459 e. The van der Waals surface area contributed by atoms with Gasteiger partial charge >= 0.3 is 0 Å². The maximum Gasteiger partial charge on any atom is 0.0459 e. The quantitative estimate of drug-likeness (QED) is 0.601. The predicted octanol–water partition coefficient (Wildman–Crippen LogP) is 4.97. The molecule has 0 spiro atoms. The van der Waals surface area contributed by atoms with E-state index in [1.807, 2.05) is 0 Å². The Bertz CT molecular complexity index is 841. The Morgan fingerprint density at radius 2 is 1.67 bits per heavy atom. The van der Waals surface area contributed by atoms with Crippen LogP contribution in [0.25, 0.3) is 10.9 Å². The van der Waals surface area contributed by atoms with Crippen LogP contribution in [-0.2, 0) is 0 Å². The van der Waals surface area contributed by atoms with Gasteiger partial charge in [0.15, 0.2) is 0 Å². The summed E-state index contributed by atoms with van der Waals surface area (Å²) in [5.41, 5.74) is 5.70. The molecule has 1 heterocycles. The molecule has 2 aromatic carbocycles. The molecular formula is C20H17N. The normalized spacial score (nSPS) is 26.2. The topological polar surface area (TPSA) is 15.8 Å². The number of nitrogens with one attached hydrogen (secondary N) is 1. The van der Waals surface area contributed by atoms with Crippen LogP contribution in [0.1, 0.15) is 35.1 Å². The van der Waals surface area contributed by atoms with Gasteiger partial charge < -0.3 is 4.98 Å². The first-order chi connectivity index (χ1) is 10.4. The second-order valence-electron chi connectivity index (χ2n) is 6.28. The van der Waals surface area contributed by atoms with Gasteiger partial charge in [0.1, 0.15) is 0 Å². The Morgan fingerprint density at radius 1 is 0.857 bits per heavy atom. The van der Waals surface area contributed by atoms with E-state index in [2.05, 4.69) is 71.7 Å². The molecule has 21 heavy (non-hydrogen) atoms. The molecule has 0 amide bonds. The van der Waals surface area contributed by atoms with Crippen molar-refractivity contribution in [2.45, 2.75) is 18.3 Å². The lowest BCUT2D eigenvalue weighted by Gasteiger charge is -2.30. The van der Waals surface area contributed by atoms with Gasteiger partial charge in [0.05, 0.1) is 0 Å². The largest absolute Gasteiger partial charge is 0.358 e. The highest BCUT2D eigenvalue weighted by Crippen LogP contribution is 2.52. The molecule has 1 aromatic heterocycles. The maximum absolute atomic E-state index is 3.69. The van der Waals surface area contributed by atoms with Gasteiger partial charge in [-0.1, -0.05) is 60.7 Å². The van der Waals surface area contributed by atoms with Crippen LogP contribution >= 0.6 is 0 Å². The number of hydrogen-bond donors (Lipinski definition) is 1. The standard InChI is InChI=1S/C20H17N/c1-2-6-13(7-3-1)18-14-10-11-15(12-14)20-19(18)16-8-4-5-9-17(16)21-20/h1-11,14-15,18,21H,12H2/t14-,15+,18+/m1/s1. The fraction of sp³-hybridized carbons (Fsp3) is 0.200. The molecule has 1 N–H and O–H groups in total. The zero-order chi connectivity index (χ0) is 13.8. The van der Waals surface area contributed by atoms with Crippen LogP contribution in [0.4, 0.5) is 0 Å². The van der Waals surface area contributed by atoms with Crippen LogP contribution in [0.5, 0.6) is 0 Å². The Balaban J connectivity index is 1.83. The van der Waals surface area contributed by atoms with E-state index in [-0.39, 0.29) is 0 Å². The molecule has 0 fully saturated rings. The minimum absolute atomic E-state index is 0.493. The number of rotatable bonds is 1. The summed E-state index contributed by atoms with van der Waals surface area (Å²) >= 11 is 0. The summed E-state index contributed by atoms with van der Waals surface area (Å²) in [4.78, 5) is 3.69. The minimum atomic E-state index is 0.493. The van der Waals surface area contributed by atoms with Crippen molar-refractivity contribution in [1.29, 1.82) is 0 Å². The van der Waals surface area contributed by atoms with E-state index in [4.69, 9.17) is 0 Å². The Hall–Kier alpha value is -2.28. The van der Waals surface area contributed by atoms with E-state index in [9.17, 15) is 0 Å². The molecule has 1 heteroatoms. The number of fused-ring (bicyclic) bond motifs is 6. The molecule has 2 aliphatic rings. The predicted molar refractivity (Wildman–Crippen MR) is 86.6 cm³/mol. The monoisotopic (exact) mass is 271 g/mol. The molecule has 2 bridgehead atoms. The zero-order valence-electron chi connectivity index (χ0n) is 11.8. The van der Waals surface area contributed by atoms with Gasteiger partial charge in [0, 0.05) is 28.4 Å². The highest BCUT2D eigenvalue weighted by molar-refractivity contribution is 5.86. The Kier molecular flexibility index (Phi) is 2.23. The second-order valence-corrected chi connectivity index (χ2v) is 6.28. The number of H-pyrrole nitrogens is 1. The summed E-state index contributed by atoms with van der Waals surface area (Å²) in [7, 11) is 0. The van der Waals surface area contributed by atoms with Crippen LogP contribution in [-0.4, -0.2) is 4.98 Å². The lowest BCUT2D eigenvalue weighted by Crippen LogP contribution is -2.18. The van der Waals surface area contributed by atoms with Gasteiger partial charge in [-0.2, -0.15) is 0 Å². The van der Waals surface area contributed by atoms with E-state index in [1.54, 1.807) is 0 Å². The van der Waals surface area contributed by atoms with E-state index < -0.39 is 0 Å². The van der Waals surface area contributed by atoms with Crippen molar-refractivity contribution in [3.8, 4) is 0 Å². The lowest BCUT2D eigenvalue weighted by atomic mass is 9.73. The highest BCUT2D eigenvalue weighted by atomic mass is 14.7. The molecule has 1 nitrogen and oxygen atoms in total. The summed E-state index contributed by atoms with van der Waals surface area (Å²) in [5, 5.41) is 1.40. The fourth-order valence-electron chi connectivity index (χ4n) is 4.29. The van der Waals surface area contributed by atoms with Gasteiger partial charge in [0.2, 0.25) is 0 Å². The second kappa shape index (κ2) is 4.11. The van der Waals surface area contributed by atoms with Crippen molar-refractivity contribution < 1.29 is 0 Å². The SMILES string of the molecule is C1=C[C@H]2C[C@@H]1[C@H](c1ccccc1)c1c2[nH]c2ccccc12. The van der Waals surface area contributed by atoms with Crippen LogP contribution < -0.4 is 0 Å². The third kappa shape index (κ3) is 1.52. The van der Waals surface area contributed by atoms with Gasteiger partial charge in [0.25, 0.3) is 0 Å². The summed E-state index contributed by atoms with van der Waals surface area (Å²) < 4.78 is 0. The van der Waals surface area contributed by atoms with E-state index in [0.717, 1.165) is 0 Å². The van der Waals surface area contributed by atoms with Crippen LogP contribution in [0.3, 0.4) is 0 Å². The third-order valence-electron chi connectivity index (χ3n) is 5.16. The van der Waals surface area contributed by atoms with E-state index in [1.165, 1.54) is 34.1 Å². The molecule has 102 valence electrons. The number of benzene rings is 2. The first-order valence-electron chi connectivity index (χ1n) is 7.75. The molecule has 2 aliphatic carbocycles. The van der Waals surface area contributed by atoms with Gasteiger partial charge in [-0.3, -0.25) is 0 Å². The lowest BCUT2D eigenvalue weighted by molar-refractivity contribution is 0.495. The average Bonchev–Trinajstić information content (AvgIpc) is 3.13. The van der Waals surface area contributed by atoms with Crippen molar-refractivity contribution in [3.63, 3.8) is 0 Å². The Morgan fingerprint density at radius 3 is 2.57 bits per heavy atom. The van der Waals surface area contributed by atoms with Crippen LogP contribution in [0, 0.1) is 5.92 Å². The summed E-state index contributed by atoms with van der Waals surface area (Å²) in [6, 6.07) is 19.7. The van der Waals surface area contributed by atoms with Crippen molar-refractivity contribution in [1.82, 2.24) is 4.98 Å². The van der Waals surface area contributed by atoms with Crippen molar-refractivity contribution in [2.24, 2.45) is 5.92 Å². The highest BCUT2D eigenvalue weighted by Gasteiger charge is 2.39. The van der Waals surface area contributed by atoms with Gasteiger partial charge in [-0.15, -0.1) is 0 Å². The molecule has 3 aromatic rings. The molecule has 0 aliphatic heterocycles. The Labute approximate surface area is 124 Å². The molecule has 0 saturated carbocycles. The number of hydrogen-bond acceptors (Lipinski definition) is 0. The number of allylic oxidation sites excluding steroid dienone is 2. The van der Waals surface area contributed by atoms with E-state index in [0.29, 0.717) is 17.8 Å². The van der Waals surface area contributed by atoms with Crippen LogP contribution in [0.2, 0.25) is 0 Å². The summed E-state index contributed by atoms with van der Waals surface area (Å²) in [6.07, 6.45) is 6.09. The third-order valence-corrected chi connectivity index (χ3v) is 5.16. The molecule has 0 saturated heterocycles. The van der Waals surface area contributed by atoms with Crippen molar-refractivity contribution in [2.75, 3.05) is 0 Å². The molecular weight excluding hydrogens is 254 g/mol. The molecule has 0 radical (unpaired) electrons. The van der Waals surface area contributed by atoms with E-state index >= 15 is 0 Å². The van der Waals surface area contributed by atoms with Crippen molar-refractivity contribution in [3.05, 3.63) is 83.6 Å². The summed E-state index contributed by atoms with van der Waals surface area (Å²) in [5.74, 6) is 1.72. The molecule has 3 atom stereocenters. The van der Waals surface area contributed by atoms with Crippen molar-refractivity contribution >= 4 is 10.9 Å². The number of para-hydroxylation sites is 1. The zero-order valence-corrected chi connectivity index (χ0v) is 11.8. The summed E-state index contributed by atoms with van der Waals surface area (Å²) in [6.45, 7) is 0. The number of aromatic amines is 1. The van der Waals surface area contributed by atoms with Gasteiger partial charge in [-0.05, 0) is 29.5 Å². The maximum atomic E-state index is 3.69. The minimum Gasteiger partial charge on any atom is -0.358 e. The van der Waals surface area contributed by atoms with Crippen LogP contribution in [0.15, 0.2) is 66.7 Å². The van der Waals surface area contributed by atoms with Gasteiger partial charge in [-0.25, -0.2) is 0 Å².